The summed E-state index contributed by atoms with van der Waals surface area (Å²) in [5, 5.41) is 2.42. The van der Waals surface area contributed by atoms with E-state index in [9.17, 15) is 14.0 Å². The number of carbonyl (C=O) groups is 1. The van der Waals surface area contributed by atoms with E-state index in [2.05, 4.69) is 10.3 Å². The zero-order chi connectivity index (χ0) is 12.4. The highest BCUT2D eigenvalue weighted by Gasteiger charge is 2.25. The van der Waals surface area contributed by atoms with E-state index in [0.717, 1.165) is 18.5 Å². The van der Waals surface area contributed by atoms with E-state index in [4.69, 9.17) is 0 Å². The number of hydrogen-bond acceptors (Lipinski definition) is 2. The number of amides is 1. The molecule has 1 aromatic rings. The van der Waals surface area contributed by atoms with Crippen molar-refractivity contribution in [2.45, 2.75) is 31.7 Å². The number of rotatable bonds is 4. The number of halogens is 1. The monoisotopic (exact) mass is 238 g/mol. The summed E-state index contributed by atoms with van der Waals surface area (Å²) < 4.78 is 12.2. The first-order valence-corrected chi connectivity index (χ1v) is 5.72. The Labute approximate surface area is 98.2 Å². The maximum absolute atomic E-state index is 12.2. The van der Waals surface area contributed by atoms with Gasteiger partial charge in [0.1, 0.15) is 12.2 Å². The van der Waals surface area contributed by atoms with E-state index >= 15 is 0 Å². The first-order valence-electron chi connectivity index (χ1n) is 5.72. The molecular formula is C12H15FN2O2. The molecular weight excluding hydrogens is 223 g/mol. The fourth-order valence-corrected chi connectivity index (χ4v) is 1.64. The second-order valence-electron chi connectivity index (χ2n) is 4.46. The van der Waals surface area contributed by atoms with Crippen molar-refractivity contribution in [3.05, 3.63) is 33.7 Å². The van der Waals surface area contributed by atoms with E-state index in [0.29, 0.717) is 5.92 Å². The Morgan fingerprint density at radius 2 is 2.29 bits per heavy atom. The van der Waals surface area contributed by atoms with Crippen LogP contribution in [-0.2, 0) is 0 Å². The normalized spacial score (nSPS) is 16.6. The molecule has 5 heteroatoms. The van der Waals surface area contributed by atoms with Crippen molar-refractivity contribution >= 4 is 5.91 Å². The fraction of sp³-hybridized carbons (Fsp3) is 0.500. The van der Waals surface area contributed by atoms with Crippen LogP contribution in [-0.4, -0.2) is 23.6 Å². The van der Waals surface area contributed by atoms with Crippen LogP contribution in [0.3, 0.4) is 0 Å². The molecule has 1 amide bonds. The molecule has 0 saturated heterocycles. The number of H-pyrrole nitrogens is 1. The van der Waals surface area contributed by atoms with Crippen LogP contribution >= 0.6 is 0 Å². The molecule has 1 heterocycles. The minimum atomic E-state index is -0.649. The molecule has 17 heavy (non-hydrogen) atoms. The third-order valence-electron chi connectivity index (χ3n) is 2.80. The van der Waals surface area contributed by atoms with Crippen molar-refractivity contribution in [2.24, 2.45) is 0 Å². The number of aromatic nitrogens is 1. The standard InChI is InChI=1S/C12H15FN2O2/c1-7(6-13)14-11(16)9-4-5-10(8-2-3-8)15-12(9)17/h4-5,7-8H,2-3,6H2,1H3,(H,14,16)(H,15,17)/t7-/m0/s1. The molecule has 1 aliphatic rings. The molecule has 0 unspecified atom stereocenters. The predicted octanol–water partition coefficient (Wildman–Crippen LogP) is 1.34. The van der Waals surface area contributed by atoms with Gasteiger partial charge in [-0.05, 0) is 37.8 Å². The highest BCUT2D eigenvalue weighted by Crippen LogP contribution is 2.38. The predicted molar refractivity (Wildman–Crippen MR) is 61.9 cm³/mol. The molecule has 4 nitrogen and oxygen atoms in total. The van der Waals surface area contributed by atoms with Crippen LogP contribution < -0.4 is 10.9 Å². The summed E-state index contributed by atoms with van der Waals surface area (Å²) in [6, 6.07) is 2.69. The second-order valence-corrected chi connectivity index (χ2v) is 4.46. The quantitative estimate of drug-likeness (QED) is 0.831. The Bertz CT molecular complexity index is 480. The number of hydrogen-bond donors (Lipinski definition) is 2. The summed E-state index contributed by atoms with van der Waals surface area (Å²) in [6.07, 6.45) is 2.17. The minimum Gasteiger partial charge on any atom is -0.347 e. The Balaban J connectivity index is 2.15. The van der Waals surface area contributed by atoms with Gasteiger partial charge in [0, 0.05) is 5.69 Å². The number of pyridine rings is 1. The lowest BCUT2D eigenvalue weighted by atomic mass is 10.2. The highest BCUT2D eigenvalue weighted by atomic mass is 19.1. The molecule has 0 aromatic carbocycles. The average molecular weight is 238 g/mol. The van der Waals surface area contributed by atoms with Crippen LogP contribution in [0.4, 0.5) is 4.39 Å². The molecule has 0 bridgehead atoms. The smallest absolute Gasteiger partial charge is 0.261 e. The molecule has 0 aliphatic heterocycles. The van der Waals surface area contributed by atoms with Crippen LogP contribution in [0.5, 0.6) is 0 Å². The number of alkyl halides is 1. The average Bonchev–Trinajstić information content (AvgIpc) is 3.12. The first kappa shape index (κ1) is 11.8. The Hall–Kier alpha value is -1.65. The van der Waals surface area contributed by atoms with Gasteiger partial charge in [-0.25, -0.2) is 4.39 Å². The maximum Gasteiger partial charge on any atom is 0.261 e. The van der Waals surface area contributed by atoms with Crippen molar-refractivity contribution < 1.29 is 9.18 Å². The molecule has 2 rings (SSSR count). The van der Waals surface area contributed by atoms with Gasteiger partial charge in [0.15, 0.2) is 0 Å². The summed E-state index contributed by atoms with van der Waals surface area (Å²) >= 11 is 0. The van der Waals surface area contributed by atoms with Gasteiger partial charge in [0.25, 0.3) is 11.5 Å². The lowest BCUT2D eigenvalue weighted by Crippen LogP contribution is -2.37. The molecule has 1 fully saturated rings. The Kier molecular flexibility index (Phi) is 3.26. The van der Waals surface area contributed by atoms with Gasteiger partial charge in [0.05, 0.1) is 6.04 Å². The maximum atomic E-state index is 12.2. The minimum absolute atomic E-state index is 0.0368. The van der Waals surface area contributed by atoms with Gasteiger partial charge in [-0.15, -0.1) is 0 Å². The van der Waals surface area contributed by atoms with Crippen molar-refractivity contribution in [3.8, 4) is 0 Å². The first-order chi connectivity index (χ1) is 8.11. The van der Waals surface area contributed by atoms with Crippen molar-refractivity contribution in [1.82, 2.24) is 10.3 Å². The SMILES string of the molecule is C[C@@H](CF)NC(=O)c1ccc(C2CC2)[nH]c1=O. The van der Waals surface area contributed by atoms with E-state index in [1.54, 1.807) is 13.0 Å². The molecule has 1 atom stereocenters. The van der Waals surface area contributed by atoms with E-state index in [1.807, 2.05) is 0 Å². The van der Waals surface area contributed by atoms with Crippen LogP contribution in [0.15, 0.2) is 16.9 Å². The lowest BCUT2D eigenvalue weighted by Gasteiger charge is -2.09. The molecule has 92 valence electrons. The summed E-state index contributed by atoms with van der Waals surface area (Å²) in [5.41, 5.74) is 0.512. The second kappa shape index (κ2) is 4.69. The zero-order valence-corrected chi connectivity index (χ0v) is 9.63. The van der Waals surface area contributed by atoms with Gasteiger partial charge in [-0.3, -0.25) is 9.59 Å². The fourth-order valence-electron chi connectivity index (χ4n) is 1.64. The Morgan fingerprint density at radius 3 is 2.82 bits per heavy atom. The largest absolute Gasteiger partial charge is 0.347 e. The summed E-state index contributed by atoms with van der Waals surface area (Å²) in [5.74, 6) is -0.0941. The van der Waals surface area contributed by atoms with Crippen molar-refractivity contribution in [3.63, 3.8) is 0 Å². The molecule has 0 spiro atoms. The number of carbonyl (C=O) groups excluding carboxylic acids is 1. The summed E-state index contributed by atoms with van der Waals surface area (Å²) in [4.78, 5) is 26.0. The van der Waals surface area contributed by atoms with Gasteiger partial charge in [0.2, 0.25) is 0 Å². The topological polar surface area (TPSA) is 62.0 Å². The number of nitrogens with one attached hydrogen (secondary N) is 2. The molecule has 1 aliphatic carbocycles. The van der Waals surface area contributed by atoms with Gasteiger partial charge in [-0.1, -0.05) is 0 Å². The molecule has 0 radical (unpaired) electrons. The summed E-state index contributed by atoms with van der Waals surface area (Å²) in [7, 11) is 0. The Morgan fingerprint density at radius 1 is 1.59 bits per heavy atom. The highest BCUT2D eigenvalue weighted by molar-refractivity contribution is 5.93. The van der Waals surface area contributed by atoms with Crippen LogP contribution in [0.1, 0.15) is 41.7 Å². The molecule has 1 aromatic heterocycles. The van der Waals surface area contributed by atoms with E-state index in [-0.39, 0.29) is 5.56 Å². The van der Waals surface area contributed by atoms with Crippen LogP contribution in [0.25, 0.3) is 0 Å². The van der Waals surface area contributed by atoms with E-state index < -0.39 is 24.2 Å². The summed E-state index contributed by atoms with van der Waals surface area (Å²) in [6.45, 7) is 0.897. The number of aromatic amines is 1. The molecule has 1 saturated carbocycles. The van der Waals surface area contributed by atoms with Crippen LogP contribution in [0.2, 0.25) is 0 Å². The van der Waals surface area contributed by atoms with Gasteiger partial charge < -0.3 is 10.3 Å². The third kappa shape index (κ3) is 2.72. The molecule has 2 N–H and O–H groups in total. The van der Waals surface area contributed by atoms with Gasteiger partial charge >= 0.3 is 0 Å². The van der Waals surface area contributed by atoms with Gasteiger partial charge in [-0.2, -0.15) is 0 Å². The van der Waals surface area contributed by atoms with Crippen LogP contribution in [0, 0.1) is 0 Å². The van der Waals surface area contributed by atoms with E-state index in [1.165, 1.54) is 6.07 Å². The van der Waals surface area contributed by atoms with Crippen molar-refractivity contribution in [1.29, 1.82) is 0 Å². The lowest BCUT2D eigenvalue weighted by molar-refractivity contribution is 0.0932. The zero-order valence-electron chi connectivity index (χ0n) is 9.63. The third-order valence-corrected chi connectivity index (χ3v) is 2.80. The van der Waals surface area contributed by atoms with Crippen molar-refractivity contribution in [2.75, 3.05) is 6.67 Å².